The monoisotopic (exact) mass is 355 g/mol. The van der Waals surface area contributed by atoms with E-state index in [9.17, 15) is 9.59 Å². The van der Waals surface area contributed by atoms with E-state index in [1.54, 1.807) is 37.4 Å². The van der Waals surface area contributed by atoms with Gasteiger partial charge in [0.2, 0.25) is 0 Å². The average Bonchev–Trinajstić information content (AvgIpc) is 3.20. The maximum absolute atomic E-state index is 12.4. The molecule has 3 rings (SSSR count). The molecule has 1 aromatic carbocycles. The van der Waals surface area contributed by atoms with Crippen LogP contribution >= 0.6 is 0 Å². The Morgan fingerprint density at radius 3 is 2.73 bits per heavy atom. The van der Waals surface area contributed by atoms with Gasteiger partial charge in [0.15, 0.2) is 0 Å². The van der Waals surface area contributed by atoms with E-state index < -0.39 is 0 Å². The van der Waals surface area contributed by atoms with Crippen LogP contribution in [0.15, 0.2) is 42.6 Å². The summed E-state index contributed by atoms with van der Waals surface area (Å²) >= 11 is 0. The molecule has 1 atom stereocenters. The molecule has 0 spiro atoms. The highest BCUT2D eigenvalue weighted by atomic mass is 16.5. The minimum atomic E-state index is -0.320. The molecule has 1 aromatic heterocycles. The molecule has 1 saturated heterocycles. The van der Waals surface area contributed by atoms with Crippen molar-refractivity contribution in [3.8, 4) is 5.75 Å². The molecule has 0 bridgehead atoms. The summed E-state index contributed by atoms with van der Waals surface area (Å²) in [6.07, 6.45) is 3.46. The van der Waals surface area contributed by atoms with Crippen LogP contribution in [-0.4, -0.2) is 43.2 Å². The Balaban J connectivity index is 1.61. The van der Waals surface area contributed by atoms with Crippen molar-refractivity contribution in [3.63, 3.8) is 0 Å². The van der Waals surface area contributed by atoms with E-state index in [4.69, 9.17) is 9.47 Å². The minimum absolute atomic E-state index is 0.0560. The number of ether oxygens (including phenoxy) is 2. The van der Waals surface area contributed by atoms with Crippen molar-refractivity contribution >= 4 is 17.5 Å². The molecule has 1 fully saturated rings. The standard InChI is InChI=1S/C19H21N3O4/c1-25-15-6-4-14(5-7-15)22-18(23)13-8-9-20-17(11-13)19(24)21-12-16-3-2-10-26-16/h4-9,11,16H,2-3,10,12H2,1H3,(H,21,24)(H,22,23). The third-order valence-electron chi connectivity index (χ3n) is 4.12. The van der Waals surface area contributed by atoms with Gasteiger partial charge in [-0.2, -0.15) is 0 Å². The largest absolute Gasteiger partial charge is 0.497 e. The van der Waals surface area contributed by atoms with E-state index in [1.807, 2.05) is 0 Å². The first-order valence-electron chi connectivity index (χ1n) is 8.47. The van der Waals surface area contributed by atoms with Crippen molar-refractivity contribution in [2.24, 2.45) is 0 Å². The van der Waals surface area contributed by atoms with Gasteiger partial charge in [0.1, 0.15) is 11.4 Å². The lowest BCUT2D eigenvalue weighted by molar-refractivity contribution is 0.0853. The van der Waals surface area contributed by atoms with Gasteiger partial charge in [0.05, 0.1) is 13.2 Å². The van der Waals surface area contributed by atoms with E-state index in [2.05, 4.69) is 15.6 Å². The molecule has 0 saturated carbocycles. The quantitative estimate of drug-likeness (QED) is 0.830. The highest BCUT2D eigenvalue weighted by Gasteiger charge is 2.18. The van der Waals surface area contributed by atoms with Gasteiger partial charge in [-0.1, -0.05) is 0 Å². The predicted molar refractivity (Wildman–Crippen MR) is 96.5 cm³/mol. The second-order valence-corrected chi connectivity index (χ2v) is 5.96. The Hall–Kier alpha value is -2.93. The van der Waals surface area contributed by atoms with Gasteiger partial charge in [0.25, 0.3) is 11.8 Å². The maximum Gasteiger partial charge on any atom is 0.269 e. The predicted octanol–water partition coefficient (Wildman–Crippen LogP) is 2.25. The molecule has 26 heavy (non-hydrogen) atoms. The number of rotatable bonds is 6. The molecule has 1 aliphatic rings. The summed E-state index contributed by atoms with van der Waals surface area (Å²) < 4.78 is 10.6. The van der Waals surface area contributed by atoms with E-state index in [1.165, 1.54) is 12.3 Å². The number of pyridine rings is 1. The number of anilines is 1. The molecule has 2 heterocycles. The lowest BCUT2D eigenvalue weighted by atomic mass is 10.2. The van der Waals surface area contributed by atoms with E-state index >= 15 is 0 Å². The molecule has 2 N–H and O–H groups in total. The van der Waals surface area contributed by atoms with Crippen molar-refractivity contribution in [1.29, 1.82) is 0 Å². The number of carbonyl (C=O) groups excluding carboxylic acids is 2. The highest BCUT2D eigenvalue weighted by Crippen LogP contribution is 2.16. The lowest BCUT2D eigenvalue weighted by Gasteiger charge is -2.11. The van der Waals surface area contributed by atoms with Gasteiger partial charge < -0.3 is 20.1 Å². The first kappa shape index (κ1) is 17.9. The molecule has 0 aliphatic carbocycles. The number of aromatic nitrogens is 1. The molecule has 0 radical (unpaired) electrons. The van der Waals surface area contributed by atoms with Crippen molar-refractivity contribution in [2.45, 2.75) is 18.9 Å². The number of benzene rings is 1. The normalized spacial score (nSPS) is 16.1. The fourth-order valence-electron chi connectivity index (χ4n) is 2.68. The zero-order valence-corrected chi connectivity index (χ0v) is 14.5. The summed E-state index contributed by atoms with van der Waals surface area (Å²) in [6.45, 7) is 1.18. The van der Waals surface area contributed by atoms with Gasteiger partial charge in [-0.25, -0.2) is 0 Å². The summed E-state index contributed by atoms with van der Waals surface area (Å²) in [4.78, 5) is 28.7. The lowest BCUT2D eigenvalue weighted by Crippen LogP contribution is -2.32. The van der Waals surface area contributed by atoms with Crippen LogP contribution in [0, 0.1) is 0 Å². The first-order valence-corrected chi connectivity index (χ1v) is 8.47. The molecule has 2 amide bonds. The molecule has 1 unspecified atom stereocenters. The van der Waals surface area contributed by atoms with Crippen LogP contribution in [-0.2, 0) is 4.74 Å². The molecular weight excluding hydrogens is 334 g/mol. The van der Waals surface area contributed by atoms with Gasteiger partial charge in [-0.05, 0) is 49.2 Å². The molecule has 136 valence electrons. The van der Waals surface area contributed by atoms with Crippen molar-refractivity contribution < 1.29 is 19.1 Å². The Morgan fingerprint density at radius 2 is 2.04 bits per heavy atom. The average molecular weight is 355 g/mol. The van der Waals surface area contributed by atoms with E-state index in [0.717, 1.165) is 19.4 Å². The second kappa shape index (κ2) is 8.44. The fourth-order valence-corrected chi connectivity index (χ4v) is 2.68. The summed E-state index contributed by atoms with van der Waals surface area (Å²) in [5.41, 5.74) is 1.19. The SMILES string of the molecule is COc1ccc(NC(=O)c2ccnc(C(=O)NCC3CCCO3)c2)cc1. The number of nitrogens with zero attached hydrogens (tertiary/aromatic N) is 1. The zero-order chi connectivity index (χ0) is 18.4. The van der Waals surface area contributed by atoms with Crippen molar-refractivity contribution in [2.75, 3.05) is 25.6 Å². The van der Waals surface area contributed by atoms with Gasteiger partial charge in [0, 0.05) is 30.6 Å². The van der Waals surface area contributed by atoms with Crippen LogP contribution in [0.25, 0.3) is 0 Å². The summed E-state index contributed by atoms with van der Waals surface area (Å²) in [6, 6.07) is 10.0. The van der Waals surface area contributed by atoms with E-state index in [0.29, 0.717) is 23.5 Å². The highest BCUT2D eigenvalue weighted by molar-refractivity contribution is 6.05. The van der Waals surface area contributed by atoms with E-state index in [-0.39, 0.29) is 23.6 Å². The van der Waals surface area contributed by atoms with Gasteiger partial charge >= 0.3 is 0 Å². The second-order valence-electron chi connectivity index (χ2n) is 5.96. The molecule has 7 nitrogen and oxygen atoms in total. The third kappa shape index (κ3) is 4.58. The van der Waals surface area contributed by atoms with Gasteiger partial charge in [-0.3, -0.25) is 14.6 Å². The molecular formula is C19H21N3O4. The first-order chi connectivity index (χ1) is 12.7. The van der Waals surface area contributed by atoms with Crippen LogP contribution in [0.4, 0.5) is 5.69 Å². The number of amides is 2. The summed E-state index contributed by atoms with van der Waals surface area (Å²) in [5.74, 6) is 0.0717. The van der Waals surface area contributed by atoms with Gasteiger partial charge in [-0.15, -0.1) is 0 Å². The number of methoxy groups -OCH3 is 1. The Bertz CT molecular complexity index is 771. The fraction of sp³-hybridized carbons (Fsp3) is 0.316. The summed E-state index contributed by atoms with van der Waals surface area (Å²) in [5, 5.41) is 5.58. The zero-order valence-electron chi connectivity index (χ0n) is 14.5. The molecule has 7 heteroatoms. The van der Waals surface area contributed by atoms with Crippen LogP contribution in [0.1, 0.15) is 33.7 Å². The molecule has 2 aromatic rings. The Labute approximate surface area is 151 Å². The number of carbonyl (C=O) groups is 2. The number of hydrogen-bond donors (Lipinski definition) is 2. The minimum Gasteiger partial charge on any atom is -0.497 e. The van der Waals surface area contributed by atoms with Crippen molar-refractivity contribution in [1.82, 2.24) is 10.3 Å². The summed E-state index contributed by atoms with van der Waals surface area (Å²) in [7, 11) is 1.58. The smallest absolute Gasteiger partial charge is 0.269 e. The topological polar surface area (TPSA) is 89.5 Å². The van der Waals surface area contributed by atoms with Crippen LogP contribution in [0.3, 0.4) is 0 Å². The Kier molecular flexibility index (Phi) is 5.80. The van der Waals surface area contributed by atoms with Crippen molar-refractivity contribution in [3.05, 3.63) is 53.9 Å². The van der Waals surface area contributed by atoms with Crippen LogP contribution in [0.2, 0.25) is 0 Å². The molecule has 1 aliphatic heterocycles. The third-order valence-corrected chi connectivity index (χ3v) is 4.12. The maximum atomic E-state index is 12.4. The van der Waals surface area contributed by atoms with Crippen LogP contribution in [0.5, 0.6) is 5.75 Å². The number of hydrogen-bond acceptors (Lipinski definition) is 5. The van der Waals surface area contributed by atoms with Crippen LogP contribution < -0.4 is 15.4 Å². The Morgan fingerprint density at radius 1 is 1.23 bits per heavy atom. The number of nitrogens with one attached hydrogen (secondary N) is 2.